The number of hydrogen-bond donors (Lipinski definition) is 1. The van der Waals surface area contributed by atoms with Crippen molar-refractivity contribution in [1.82, 2.24) is 9.88 Å². The molecule has 0 spiro atoms. The third-order valence-electron chi connectivity index (χ3n) is 5.62. The minimum atomic E-state index is -0.287. The fourth-order valence-corrected chi connectivity index (χ4v) is 4.16. The molecule has 3 aromatic carbocycles. The van der Waals surface area contributed by atoms with Crippen LogP contribution in [0.25, 0.3) is 10.9 Å². The number of rotatable bonds is 9. The van der Waals surface area contributed by atoms with Crippen molar-refractivity contribution in [3.63, 3.8) is 0 Å². The summed E-state index contributed by atoms with van der Waals surface area (Å²) < 4.78 is 27.1. The first-order valence-corrected chi connectivity index (χ1v) is 10.9. The van der Waals surface area contributed by atoms with Crippen molar-refractivity contribution in [3.8, 4) is 11.5 Å². The maximum absolute atomic E-state index is 14.3. The molecule has 166 valence electrons. The fraction of sp³-hybridized carbons (Fsp3) is 0.231. The van der Waals surface area contributed by atoms with Crippen LogP contribution in [0.2, 0.25) is 5.02 Å². The molecule has 1 N–H and O–H groups in total. The number of methoxy groups -OCH3 is 2. The number of nitrogens with zero attached hydrogens (tertiary/aromatic N) is 1. The Morgan fingerprint density at radius 3 is 2.56 bits per heavy atom. The highest BCUT2D eigenvalue weighted by Gasteiger charge is 2.12. The van der Waals surface area contributed by atoms with Crippen LogP contribution in [0.1, 0.15) is 16.7 Å². The van der Waals surface area contributed by atoms with E-state index in [-0.39, 0.29) is 5.82 Å². The molecule has 32 heavy (non-hydrogen) atoms. The molecule has 4 aromatic rings. The molecule has 0 aliphatic heterocycles. The number of benzene rings is 3. The smallest absolute Gasteiger partial charge is 0.160 e. The maximum atomic E-state index is 14.3. The Morgan fingerprint density at radius 1 is 0.969 bits per heavy atom. The summed E-state index contributed by atoms with van der Waals surface area (Å²) in [5.41, 5.74) is 3.90. The van der Waals surface area contributed by atoms with Crippen LogP contribution < -0.4 is 14.8 Å². The van der Waals surface area contributed by atoms with Crippen molar-refractivity contribution in [3.05, 3.63) is 94.4 Å². The molecular formula is C26H26ClFN2O2. The van der Waals surface area contributed by atoms with Crippen LogP contribution in [0.5, 0.6) is 11.5 Å². The number of fused-ring (bicyclic) bond motifs is 1. The fourth-order valence-electron chi connectivity index (χ4n) is 3.94. The number of nitrogens with one attached hydrogen (secondary N) is 1. The summed E-state index contributed by atoms with van der Waals surface area (Å²) in [7, 11) is 3.28. The van der Waals surface area contributed by atoms with Gasteiger partial charge in [0.25, 0.3) is 0 Å². The average molecular weight is 453 g/mol. The molecule has 0 aliphatic rings. The van der Waals surface area contributed by atoms with Gasteiger partial charge >= 0.3 is 0 Å². The quantitative estimate of drug-likeness (QED) is 0.324. The van der Waals surface area contributed by atoms with Gasteiger partial charge in [0, 0.05) is 34.2 Å². The first-order valence-electron chi connectivity index (χ1n) is 10.5. The summed E-state index contributed by atoms with van der Waals surface area (Å²) in [5, 5.41) is 5.12. The van der Waals surface area contributed by atoms with E-state index in [0.29, 0.717) is 23.7 Å². The van der Waals surface area contributed by atoms with E-state index in [0.717, 1.165) is 35.4 Å². The second kappa shape index (κ2) is 10.1. The van der Waals surface area contributed by atoms with Gasteiger partial charge in [-0.05, 0) is 54.4 Å². The molecular weight excluding hydrogens is 427 g/mol. The summed E-state index contributed by atoms with van der Waals surface area (Å²) in [6, 6.07) is 18.9. The third-order valence-corrected chi connectivity index (χ3v) is 5.97. The van der Waals surface area contributed by atoms with Gasteiger partial charge in [-0.1, -0.05) is 41.9 Å². The second-order valence-electron chi connectivity index (χ2n) is 7.62. The monoisotopic (exact) mass is 452 g/mol. The van der Waals surface area contributed by atoms with Crippen LogP contribution in [0.15, 0.2) is 66.9 Å². The summed E-state index contributed by atoms with van der Waals surface area (Å²) in [6.45, 7) is 1.91. The molecule has 0 atom stereocenters. The van der Waals surface area contributed by atoms with Gasteiger partial charge in [0.2, 0.25) is 0 Å². The van der Waals surface area contributed by atoms with Crippen molar-refractivity contribution in [2.45, 2.75) is 19.5 Å². The van der Waals surface area contributed by atoms with E-state index in [2.05, 4.69) is 28.2 Å². The number of aromatic nitrogens is 1. The summed E-state index contributed by atoms with van der Waals surface area (Å²) in [5.74, 6) is 1.18. The summed E-state index contributed by atoms with van der Waals surface area (Å²) in [6.07, 6.45) is 2.95. The van der Waals surface area contributed by atoms with Crippen molar-refractivity contribution in [2.24, 2.45) is 0 Å². The zero-order valence-electron chi connectivity index (χ0n) is 18.2. The van der Waals surface area contributed by atoms with Gasteiger partial charge in [0.1, 0.15) is 5.82 Å². The lowest BCUT2D eigenvalue weighted by molar-refractivity contribution is 0.354. The van der Waals surface area contributed by atoms with E-state index >= 15 is 0 Å². The number of hydrogen-bond acceptors (Lipinski definition) is 3. The number of halogens is 2. The van der Waals surface area contributed by atoms with Gasteiger partial charge in [0.05, 0.1) is 20.8 Å². The standard InChI is InChI=1S/C26H26ClFN2O2/c1-31-25-11-10-18(14-26(25)32-2)12-13-29-15-19-16-30(24-9-4-3-6-20(19)24)17-21-22(27)7-5-8-23(21)28/h3-11,14,16,29H,12-13,15,17H2,1-2H3. The van der Waals surface area contributed by atoms with Gasteiger partial charge < -0.3 is 19.4 Å². The molecule has 0 unspecified atom stereocenters. The minimum absolute atomic E-state index is 0.287. The highest BCUT2D eigenvalue weighted by atomic mass is 35.5. The molecule has 0 amide bonds. The first kappa shape index (κ1) is 22.2. The highest BCUT2D eigenvalue weighted by molar-refractivity contribution is 6.31. The zero-order valence-corrected chi connectivity index (χ0v) is 19.0. The topological polar surface area (TPSA) is 35.4 Å². The van der Waals surface area contributed by atoms with E-state index in [1.54, 1.807) is 26.4 Å². The van der Waals surface area contributed by atoms with E-state index in [9.17, 15) is 4.39 Å². The SMILES string of the molecule is COc1ccc(CCNCc2cn(Cc3c(F)cccc3Cl)c3ccccc23)cc1OC. The van der Waals surface area contributed by atoms with E-state index in [4.69, 9.17) is 21.1 Å². The van der Waals surface area contributed by atoms with Crippen molar-refractivity contribution in [2.75, 3.05) is 20.8 Å². The van der Waals surface area contributed by atoms with Crippen LogP contribution in [-0.2, 0) is 19.5 Å². The maximum Gasteiger partial charge on any atom is 0.160 e. The van der Waals surface area contributed by atoms with E-state index in [1.165, 1.54) is 17.2 Å². The van der Waals surface area contributed by atoms with Gasteiger partial charge in [0.15, 0.2) is 11.5 Å². The Balaban J connectivity index is 1.46. The molecule has 4 nitrogen and oxygen atoms in total. The van der Waals surface area contributed by atoms with Crippen LogP contribution >= 0.6 is 11.6 Å². The second-order valence-corrected chi connectivity index (χ2v) is 8.02. The van der Waals surface area contributed by atoms with Gasteiger partial charge in [-0.25, -0.2) is 4.39 Å². The highest BCUT2D eigenvalue weighted by Crippen LogP contribution is 2.28. The largest absolute Gasteiger partial charge is 0.493 e. The van der Waals surface area contributed by atoms with Crippen molar-refractivity contribution in [1.29, 1.82) is 0 Å². The molecule has 0 aliphatic carbocycles. The number of ether oxygens (including phenoxy) is 2. The van der Waals surface area contributed by atoms with Gasteiger partial charge in [-0.3, -0.25) is 0 Å². The van der Waals surface area contributed by atoms with Gasteiger partial charge in [-0.2, -0.15) is 0 Å². The molecule has 1 heterocycles. The Morgan fingerprint density at radius 2 is 1.78 bits per heavy atom. The molecule has 0 bridgehead atoms. The number of para-hydroxylation sites is 1. The Bertz CT molecular complexity index is 1200. The van der Waals surface area contributed by atoms with Crippen molar-refractivity contribution < 1.29 is 13.9 Å². The molecule has 0 radical (unpaired) electrons. The van der Waals surface area contributed by atoms with Gasteiger partial charge in [-0.15, -0.1) is 0 Å². The Kier molecular flexibility index (Phi) is 6.98. The Labute approximate surface area is 192 Å². The predicted molar refractivity (Wildman–Crippen MR) is 127 cm³/mol. The summed E-state index contributed by atoms with van der Waals surface area (Å²) in [4.78, 5) is 0. The Hall–Kier alpha value is -3.02. The van der Waals surface area contributed by atoms with Crippen LogP contribution in [-0.4, -0.2) is 25.3 Å². The van der Waals surface area contributed by atoms with E-state index < -0.39 is 0 Å². The lowest BCUT2D eigenvalue weighted by atomic mass is 10.1. The van der Waals surface area contributed by atoms with Crippen molar-refractivity contribution >= 4 is 22.5 Å². The third kappa shape index (κ3) is 4.74. The normalized spacial score (nSPS) is 11.1. The average Bonchev–Trinajstić information content (AvgIpc) is 3.16. The van der Waals surface area contributed by atoms with Crippen LogP contribution in [0.4, 0.5) is 4.39 Å². The molecule has 0 saturated carbocycles. The summed E-state index contributed by atoms with van der Waals surface area (Å²) >= 11 is 6.26. The molecule has 0 saturated heterocycles. The molecule has 0 fully saturated rings. The zero-order chi connectivity index (χ0) is 22.5. The lowest BCUT2D eigenvalue weighted by Gasteiger charge is -2.10. The minimum Gasteiger partial charge on any atom is -0.493 e. The first-order chi connectivity index (χ1) is 15.6. The molecule has 4 rings (SSSR count). The lowest BCUT2D eigenvalue weighted by Crippen LogP contribution is -2.16. The predicted octanol–water partition coefficient (Wildman–Crippen LogP) is 5.83. The van der Waals surface area contributed by atoms with E-state index in [1.807, 2.05) is 30.3 Å². The van der Waals surface area contributed by atoms with Crippen LogP contribution in [0.3, 0.4) is 0 Å². The van der Waals surface area contributed by atoms with Crippen LogP contribution in [0, 0.1) is 5.82 Å². The molecule has 6 heteroatoms. The molecule has 1 aromatic heterocycles.